The number of fused-ring (bicyclic) bond motifs is 3. The van der Waals surface area contributed by atoms with Gasteiger partial charge in [0.25, 0.3) is 5.91 Å². The van der Waals surface area contributed by atoms with Gasteiger partial charge in [-0.2, -0.15) is 0 Å². The highest BCUT2D eigenvalue weighted by Gasteiger charge is 2.42. The van der Waals surface area contributed by atoms with Crippen LogP contribution in [0.25, 0.3) is 11.0 Å². The first-order valence-electron chi connectivity index (χ1n) is 10.2. The third-order valence-corrected chi connectivity index (χ3v) is 6.14. The Morgan fingerprint density at radius 1 is 0.970 bits per heavy atom. The molecule has 33 heavy (non-hydrogen) atoms. The monoisotopic (exact) mass is 463 g/mol. The topological polar surface area (TPSA) is 69.0 Å². The van der Waals surface area contributed by atoms with Gasteiger partial charge in [0.15, 0.2) is 16.9 Å². The van der Waals surface area contributed by atoms with Crippen LogP contribution in [0, 0.1) is 5.82 Å². The van der Waals surface area contributed by atoms with Gasteiger partial charge >= 0.3 is 0 Å². The smallest absolute Gasteiger partial charge is 0.291 e. The van der Waals surface area contributed by atoms with E-state index in [-0.39, 0.29) is 41.1 Å². The summed E-state index contributed by atoms with van der Waals surface area (Å²) in [5.41, 5.74) is 1.52. The summed E-state index contributed by atoms with van der Waals surface area (Å²) in [6, 6.07) is 15.1. The van der Waals surface area contributed by atoms with Gasteiger partial charge in [0.2, 0.25) is 12.6 Å². The van der Waals surface area contributed by atoms with Crippen LogP contribution in [0.4, 0.5) is 4.39 Å². The first-order chi connectivity index (χ1) is 16.0. The number of halogens is 2. The number of carbonyl (C=O) groups excluding carboxylic acids is 1. The van der Waals surface area contributed by atoms with E-state index in [4.69, 9.17) is 25.5 Å². The fourth-order valence-electron chi connectivity index (χ4n) is 4.38. The molecule has 6 nitrogen and oxygen atoms in total. The lowest BCUT2D eigenvalue weighted by Gasteiger charge is -2.25. The predicted molar refractivity (Wildman–Crippen MR) is 118 cm³/mol. The summed E-state index contributed by atoms with van der Waals surface area (Å²) in [7, 11) is 0. The molecule has 3 heterocycles. The van der Waals surface area contributed by atoms with Crippen molar-refractivity contribution in [2.24, 2.45) is 0 Å². The first-order valence-corrected chi connectivity index (χ1v) is 10.6. The fourth-order valence-corrected chi connectivity index (χ4v) is 4.56. The van der Waals surface area contributed by atoms with Gasteiger partial charge in [0.05, 0.1) is 17.0 Å². The maximum Gasteiger partial charge on any atom is 0.291 e. The molecule has 0 saturated heterocycles. The van der Waals surface area contributed by atoms with Crippen LogP contribution in [-0.2, 0) is 6.54 Å². The van der Waals surface area contributed by atoms with Crippen LogP contribution < -0.4 is 14.9 Å². The van der Waals surface area contributed by atoms with Crippen molar-refractivity contribution in [2.45, 2.75) is 12.6 Å². The number of rotatable bonds is 3. The summed E-state index contributed by atoms with van der Waals surface area (Å²) < 4.78 is 30.4. The Morgan fingerprint density at radius 2 is 1.76 bits per heavy atom. The summed E-state index contributed by atoms with van der Waals surface area (Å²) in [6.07, 6.45) is 0. The predicted octanol–water partition coefficient (Wildman–Crippen LogP) is 5.06. The van der Waals surface area contributed by atoms with E-state index in [0.717, 1.165) is 5.56 Å². The molecular weight excluding hydrogens is 449 g/mol. The summed E-state index contributed by atoms with van der Waals surface area (Å²) in [4.78, 5) is 28.5. The highest BCUT2D eigenvalue weighted by atomic mass is 35.5. The summed E-state index contributed by atoms with van der Waals surface area (Å²) in [5.74, 6) is 0.355. The molecule has 3 aromatic carbocycles. The van der Waals surface area contributed by atoms with E-state index >= 15 is 0 Å². The van der Waals surface area contributed by atoms with Crippen LogP contribution in [0.1, 0.15) is 33.3 Å². The van der Waals surface area contributed by atoms with Crippen molar-refractivity contribution >= 4 is 28.5 Å². The van der Waals surface area contributed by atoms with Crippen molar-refractivity contribution in [3.05, 3.63) is 104 Å². The Balaban J connectivity index is 1.52. The highest BCUT2D eigenvalue weighted by molar-refractivity contribution is 6.31. The lowest BCUT2D eigenvalue weighted by atomic mass is 9.98. The second-order valence-electron chi connectivity index (χ2n) is 7.89. The molecule has 0 aliphatic carbocycles. The Labute approximate surface area is 191 Å². The summed E-state index contributed by atoms with van der Waals surface area (Å²) in [6.45, 7) is 0.316. The van der Waals surface area contributed by atoms with E-state index in [0.29, 0.717) is 22.1 Å². The van der Waals surface area contributed by atoms with E-state index in [1.807, 2.05) is 6.07 Å². The molecule has 1 aromatic heterocycles. The van der Waals surface area contributed by atoms with Crippen molar-refractivity contribution in [2.75, 3.05) is 6.79 Å². The zero-order chi connectivity index (χ0) is 22.7. The standard InChI is InChI=1S/C25H15ClFNO5/c26-15-4-8-18-17(10-15)23(29)21-22(14-2-5-16(27)6-3-14)28(25(30)24(21)33-18)11-13-1-7-19-20(9-13)32-12-31-19/h1-10,22H,11-12H2. The molecule has 0 fully saturated rings. The second-order valence-corrected chi connectivity index (χ2v) is 8.33. The van der Waals surface area contributed by atoms with Crippen LogP contribution in [-0.4, -0.2) is 17.6 Å². The van der Waals surface area contributed by atoms with Crippen molar-refractivity contribution in [1.29, 1.82) is 0 Å². The molecule has 1 atom stereocenters. The maximum atomic E-state index is 13.6. The molecular formula is C25H15ClFNO5. The van der Waals surface area contributed by atoms with Crippen LogP contribution in [0.15, 0.2) is 69.9 Å². The van der Waals surface area contributed by atoms with Crippen LogP contribution >= 0.6 is 11.6 Å². The van der Waals surface area contributed by atoms with Crippen molar-refractivity contribution < 1.29 is 23.1 Å². The lowest BCUT2D eigenvalue weighted by Crippen LogP contribution is -2.29. The minimum absolute atomic E-state index is 0.0232. The third kappa shape index (κ3) is 3.15. The number of benzene rings is 3. The minimum atomic E-state index is -0.752. The van der Waals surface area contributed by atoms with Gasteiger partial charge in [0, 0.05) is 11.6 Å². The molecule has 0 radical (unpaired) electrons. The Hall–Kier alpha value is -3.84. The number of ether oxygens (including phenoxy) is 2. The van der Waals surface area contributed by atoms with Crippen LogP contribution in [0.2, 0.25) is 5.02 Å². The SMILES string of the molecule is O=C1c2oc3ccc(Cl)cc3c(=O)c2C(c2ccc(F)cc2)N1Cc1ccc2c(c1)OCO2. The van der Waals surface area contributed by atoms with Crippen molar-refractivity contribution in [3.8, 4) is 11.5 Å². The van der Waals surface area contributed by atoms with E-state index in [1.165, 1.54) is 18.2 Å². The van der Waals surface area contributed by atoms with Gasteiger partial charge in [0.1, 0.15) is 11.4 Å². The summed E-state index contributed by atoms with van der Waals surface area (Å²) in [5, 5.41) is 0.667. The normalized spacial score (nSPS) is 16.5. The molecule has 6 rings (SSSR count). The average molecular weight is 464 g/mol. The maximum absolute atomic E-state index is 13.6. The summed E-state index contributed by atoms with van der Waals surface area (Å²) >= 11 is 6.10. The molecule has 2 aliphatic rings. The molecule has 0 N–H and O–H groups in total. The number of hydrogen-bond acceptors (Lipinski definition) is 5. The van der Waals surface area contributed by atoms with Gasteiger partial charge in [-0.1, -0.05) is 29.8 Å². The highest BCUT2D eigenvalue weighted by Crippen LogP contribution is 2.40. The molecule has 1 amide bonds. The minimum Gasteiger partial charge on any atom is -0.454 e. The van der Waals surface area contributed by atoms with Gasteiger partial charge in [-0.15, -0.1) is 0 Å². The Kier molecular flexibility index (Phi) is 4.41. The fraction of sp³-hybridized carbons (Fsp3) is 0.120. The van der Waals surface area contributed by atoms with E-state index < -0.39 is 17.8 Å². The molecule has 0 saturated carbocycles. The molecule has 164 valence electrons. The van der Waals surface area contributed by atoms with Gasteiger partial charge in [-0.05, 0) is 53.6 Å². The first kappa shape index (κ1) is 19.8. The molecule has 4 aromatic rings. The Morgan fingerprint density at radius 3 is 2.58 bits per heavy atom. The Bertz CT molecular complexity index is 1500. The average Bonchev–Trinajstić information content (AvgIpc) is 3.38. The molecule has 1 unspecified atom stereocenters. The number of amides is 1. The van der Waals surface area contributed by atoms with Gasteiger partial charge in [-0.3, -0.25) is 9.59 Å². The van der Waals surface area contributed by atoms with Crippen LogP contribution in [0.3, 0.4) is 0 Å². The number of hydrogen-bond donors (Lipinski definition) is 0. The zero-order valence-electron chi connectivity index (χ0n) is 17.0. The number of nitrogens with zero attached hydrogens (tertiary/aromatic N) is 1. The molecule has 0 spiro atoms. The van der Waals surface area contributed by atoms with E-state index in [2.05, 4.69) is 0 Å². The zero-order valence-corrected chi connectivity index (χ0v) is 17.8. The molecule has 2 aliphatic heterocycles. The van der Waals surface area contributed by atoms with Gasteiger partial charge in [-0.25, -0.2) is 4.39 Å². The van der Waals surface area contributed by atoms with E-state index in [9.17, 15) is 14.0 Å². The third-order valence-electron chi connectivity index (χ3n) is 5.90. The second kappa shape index (κ2) is 7.35. The van der Waals surface area contributed by atoms with Gasteiger partial charge < -0.3 is 18.8 Å². The number of carbonyl (C=O) groups is 1. The largest absolute Gasteiger partial charge is 0.454 e. The molecule has 8 heteroatoms. The van der Waals surface area contributed by atoms with Crippen molar-refractivity contribution in [1.82, 2.24) is 4.90 Å². The lowest BCUT2D eigenvalue weighted by molar-refractivity contribution is 0.0714. The quantitative estimate of drug-likeness (QED) is 0.425. The van der Waals surface area contributed by atoms with E-state index in [1.54, 1.807) is 41.3 Å². The van der Waals surface area contributed by atoms with Crippen LogP contribution in [0.5, 0.6) is 11.5 Å². The molecule has 0 bridgehead atoms. The van der Waals surface area contributed by atoms with Crippen molar-refractivity contribution in [3.63, 3.8) is 0 Å².